The standard InChI is InChI=1S/C18H18ClNO5/c1-3-25-17(23)9-8-16(22)18-15(21)7-6-14(20-18)12-10-11(24-2)4-5-13(12)19/h4-7,10,21H,3,8-9H2,1-2H3. The number of aromatic nitrogens is 1. The molecule has 25 heavy (non-hydrogen) atoms. The number of carbonyl (C=O) groups excluding carboxylic acids is 2. The molecule has 6 nitrogen and oxygen atoms in total. The Labute approximate surface area is 150 Å². The average Bonchev–Trinajstić information content (AvgIpc) is 2.61. The summed E-state index contributed by atoms with van der Waals surface area (Å²) < 4.78 is 9.95. The summed E-state index contributed by atoms with van der Waals surface area (Å²) in [6.45, 7) is 1.94. The summed E-state index contributed by atoms with van der Waals surface area (Å²) in [6.07, 6.45) is -0.174. The van der Waals surface area contributed by atoms with Crippen LogP contribution in [0.2, 0.25) is 5.02 Å². The molecule has 0 atom stereocenters. The van der Waals surface area contributed by atoms with E-state index in [2.05, 4.69) is 4.98 Å². The van der Waals surface area contributed by atoms with Gasteiger partial charge in [0, 0.05) is 12.0 Å². The Morgan fingerprint density at radius 2 is 1.96 bits per heavy atom. The number of nitrogens with zero attached hydrogens (tertiary/aromatic N) is 1. The number of hydrogen-bond donors (Lipinski definition) is 1. The van der Waals surface area contributed by atoms with E-state index in [4.69, 9.17) is 21.1 Å². The largest absolute Gasteiger partial charge is 0.506 e. The van der Waals surface area contributed by atoms with Gasteiger partial charge in [0.05, 0.1) is 30.9 Å². The zero-order chi connectivity index (χ0) is 18.4. The van der Waals surface area contributed by atoms with Crippen molar-refractivity contribution in [1.29, 1.82) is 0 Å². The number of carbonyl (C=O) groups is 2. The highest BCUT2D eigenvalue weighted by Gasteiger charge is 2.17. The lowest BCUT2D eigenvalue weighted by atomic mass is 10.1. The van der Waals surface area contributed by atoms with E-state index in [9.17, 15) is 14.7 Å². The normalized spacial score (nSPS) is 10.4. The molecule has 7 heteroatoms. The van der Waals surface area contributed by atoms with E-state index in [-0.39, 0.29) is 30.9 Å². The van der Waals surface area contributed by atoms with Gasteiger partial charge in [-0.05, 0) is 37.3 Å². The van der Waals surface area contributed by atoms with Crippen LogP contribution in [0.1, 0.15) is 30.3 Å². The predicted molar refractivity (Wildman–Crippen MR) is 93.1 cm³/mol. The first-order valence-electron chi connectivity index (χ1n) is 7.69. The second-order valence-corrected chi connectivity index (χ2v) is 5.55. The van der Waals surface area contributed by atoms with Crippen LogP contribution < -0.4 is 4.74 Å². The van der Waals surface area contributed by atoms with Crippen LogP contribution in [-0.4, -0.2) is 35.6 Å². The Bertz CT molecular complexity index is 791. The van der Waals surface area contributed by atoms with Crippen molar-refractivity contribution in [3.8, 4) is 22.8 Å². The summed E-state index contributed by atoms with van der Waals surface area (Å²) in [5.74, 6) is -0.588. The fourth-order valence-electron chi connectivity index (χ4n) is 2.20. The summed E-state index contributed by atoms with van der Waals surface area (Å²) in [6, 6.07) is 7.98. The van der Waals surface area contributed by atoms with Gasteiger partial charge in [-0.2, -0.15) is 0 Å². The molecule has 0 bridgehead atoms. The van der Waals surface area contributed by atoms with Gasteiger partial charge < -0.3 is 14.6 Å². The van der Waals surface area contributed by atoms with E-state index in [1.807, 2.05) is 0 Å². The second kappa shape index (κ2) is 8.48. The van der Waals surface area contributed by atoms with Crippen LogP contribution in [0, 0.1) is 0 Å². The summed E-state index contributed by atoms with van der Waals surface area (Å²) in [5.41, 5.74) is 0.877. The monoisotopic (exact) mass is 363 g/mol. The second-order valence-electron chi connectivity index (χ2n) is 5.14. The Balaban J connectivity index is 2.28. The molecule has 1 aromatic carbocycles. The van der Waals surface area contributed by atoms with Crippen molar-refractivity contribution in [1.82, 2.24) is 4.98 Å². The van der Waals surface area contributed by atoms with Gasteiger partial charge in [0.15, 0.2) is 5.78 Å². The highest BCUT2D eigenvalue weighted by atomic mass is 35.5. The molecule has 1 aromatic heterocycles. The number of benzene rings is 1. The number of methoxy groups -OCH3 is 1. The topological polar surface area (TPSA) is 85.7 Å². The number of Topliss-reactive ketones (excluding diaryl/α,β-unsaturated/α-hetero) is 1. The summed E-state index contributed by atoms with van der Waals surface area (Å²) in [7, 11) is 1.53. The minimum absolute atomic E-state index is 0.0715. The Morgan fingerprint density at radius 3 is 2.64 bits per heavy atom. The molecular weight excluding hydrogens is 346 g/mol. The maximum Gasteiger partial charge on any atom is 0.306 e. The fourth-order valence-corrected chi connectivity index (χ4v) is 2.42. The van der Waals surface area contributed by atoms with Gasteiger partial charge in [-0.3, -0.25) is 9.59 Å². The first kappa shape index (κ1) is 18.7. The van der Waals surface area contributed by atoms with E-state index in [0.29, 0.717) is 22.0 Å². The van der Waals surface area contributed by atoms with Gasteiger partial charge in [0.1, 0.15) is 17.2 Å². The quantitative estimate of drug-likeness (QED) is 0.597. The minimum atomic E-state index is -0.470. The third-order valence-electron chi connectivity index (χ3n) is 3.45. The molecule has 2 aromatic rings. The molecule has 0 aliphatic carbocycles. The summed E-state index contributed by atoms with van der Waals surface area (Å²) >= 11 is 6.19. The third-order valence-corrected chi connectivity index (χ3v) is 3.78. The van der Waals surface area contributed by atoms with E-state index in [0.717, 1.165) is 0 Å². The number of aromatic hydroxyl groups is 1. The lowest BCUT2D eigenvalue weighted by molar-refractivity contribution is -0.143. The van der Waals surface area contributed by atoms with Gasteiger partial charge in [-0.15, -0.1) is 0 Å². The Morgan fingerprint density at radius 1 is 1.20 bits per heavy atom. The van der Waals surface area contributed by atoms with E-state index in [1.54, 1.807) is 31.2 Å². The molecular formula is C18H18ClNO5. The van der Waals surface area contributed by atoms with Crippen molar-refractivity contribution in [2.45, 2.75) is 19.8 Å². The molecule has 132 valence electrons. The third kappa shape index (κ3) is 4.70. The summed E-state index contributed by atoms with van der Waals surface area (Å²) in [4.78, 5) is 27.9. The first-order chi connectivity index (χ1) is 12.0. The average molecular weight is 364 g/mol. The van der Waals surface area contributed by atoms with Crippen molar-refractivity contribution in [2.75, 3.05) is 13.7 Å². The molecule has 0 radical (unpaired) electrons. The molecule has 1 heterocycles. The van der Waals surface area contributed by atoms with E-state index in [1.165, 1.54) is 13.2 Å². The zero-order valence-electron chi connectivity index (χ0n) is 13.9. The number of ketones is 1. The highest BCUT2D eigenvalue weighted by Crippen LogP contribution is 2.32. The zero-order valence-corrected chi connectivity index (χ0v) is 14.7. The number of esters is 1. The number of hydrogen-bond acceptors (Lipinski definition) is 6. The smallest absolute Gasteiger partial charge is 0.306 e. The van der Waals surface area contributed by atoms with Crippen LogP contribution in [0.15, 0.2) is 30.3 Å². The molecule has 0 spiro atoms. The Kier molecular flexibility index (Phi) is 6.36. The van der Waals surface area contributed by atoms with Gasteiger partial charge in [0.25, 0.3) is 0 Å². The minimum Gasteiger partial charge on any atom is -0.506 e. The lowest BCUT2D eigenvalue weighted by Crippen LogP contribution is -2.09. The molecule has 1 N–H and O–H groups in total. The van der Waals surface area contributed by atoms with Crippen LogP contribution >= 0.6 is 11.6 Å². The molecule has 0 saturated carbocycles. The van der Waals surface area contributed by atoms with Gasteiger partial charge in [-0.25, -0.2) is 4.98 Å². The number of pyridine rings is 1. The Hall–Kier alpha value is -2.60. The van der Waals surface area contributed by atoms with Crippen molar-refractivity contribution >= 4 is 23.4 Å². The van der Waals surface area contributed by atoms with Crippen molar-refractivity contribution < 1.29 is 24.2 Å². The van der Waals surface area contributed by atoms with Crippen LogP contribution in [0.25, 0.3) is 11.3 Å². The van der Waals surface area contributed by atoms with Crippen molar-refractivity contribution in [3.63, 3.8) is 0 Å². The predicted octanol–water partition coefficient (Wildman–Crippen LogP) is 3.64. The van der Waals surface area contributed by atoms with Gasteiger partial charge in [-0.1, -0.05) is 11.6 Å². The van der Waals surface area contributed by atoms with Gasteiger partial charge in [0.2, 0.25) is 0 Å². The molecule has 0 fully saturated rings. The van der Waals surface area contributed by atoms with Crippen LogP contribution in [0.3, 0.4) is 0 Å². The molecule has 0 aliphatic rings. The maximum atomic E-state index is 12.3. The summed E-state index contributed by atoms with van der Waals surface area (Å²) in [5, 5.41) is 10.4. The maximum absolute atomic E-state index is 12.3. The van der Waals surface area contributed by atoms with Crippen molar-refractivity contribution in [3.05, 3.63) is 41.0 Å². The molecule has 0 aliphatic heterocycles. The molecule has 0 saturated heterocycles. The molecule has 2 rings (SSSR count). The highest BCUT2D eigenvalue weighted by molar-refractivity contribution is 6.33. The molecule has 0 unspecified atom stereocenters. The van der Waals surface area contributed by atoms with Crippen molar-refractivity contribution in [2.24, 2.45) is 0 Å². The van der Waals surface area contributed by atoms with E-state index < -0.39 is 11.8 Å². The van der Waals surface area contributed by atoms with E-state index >= 15 is 0 Å². The lowest BCUT2D eigenvalue weighted by Gasteiger charge is -2.09. The van der Waals surface area contributed by atoms with Crippen LogP contribution in [0.4, 0.5) is 0 Å². The van der Waals surface area contributed by atoms with Gasteiger partial charge >= 0.3 is 5.97 Å². The SMILES string of the molecule is CCOC(=O)CCC(=O)c1nc(-c2cc(OC)ccc2Cl)ccc1O. The van der Waals surface area contributed by atoms with Crippen LogP contribution in [-0.2, 0) is 9.53 Å². The fraction of sp³-hybridized carbons (Fsp3) is 0.278. The number of rotatable bonds is 7. The molecule has 0 amide bonds. The number of halogens is 1. The first-order valence-corrected chi connectivity index (χ1v) is 8.06. The number of ether oxygens (including phenoxy) is 2. The van der Waals surface area contributed by atoms with Crippen LogP contribution in [0.5, 0.6) is 11.5 Å².